The van der Waals surface area contributed by atoms with E-state index in [2.05, 4.69) is 59.7 Å². The zero-order valence-corrected chi connectivity index (χ0v) is 10.3. The van der Waals surface area contributed by atoms with Gasteiger partial charge in [0.1, 0.15) is 0 Å². The first kappa shape index (κ1) is 11.3. The summed E-state index contributed by atoms with van der Waals surface area (Å²) in [6.45, 7) is 13.6. The Morgan fingerprint density at radius 3 is 2.07 bits per heavy atom. The summed E-state index contributed by atoms with van der Waals surface area (Å²) in [4.78, 5) is 0. The molecule has 0 bridgehead atoms. The minimum Gasteiger partial charge on any atom is -0.0617 e. The largest absolute Gasteiger partial charge is 0.0617 e. The van der Waals surface area contributed by atoms with E-state index >= 15 is 0 Å². The van der Waals surface area contributed by atoms with E-state index in [1.165, 1.54) is 16.7 Å². The van der Waals surface area contributed by atoms with Gasteiger partial charge in [0.25, 0.3) is 0 Å². The average molecular weight is 190 g/mol. The van der Waals surface area contributed by atoms with Crippen LogP contribution in [0.5, 0.6) is 0 Å². The Morgan fingerprint density at radius 1 is 1.07 bits per heavy atom. The molecule has 0 aliphatic heterocycles. The Labute approximate surface area is 88.4 Å². The first-order valence-electron chi connectivity index (χ1n) is 5.44. The smallest absolute Gasteiger partial charge is 0.0129 e. The molecule has 0 amide bonds. The molecule has 0 saturated carbocycles. The minimum absolute atomic E-state index is 0.259. The SMILES string of the molecule is Cc1c(C(C)C)cccc1C(C)(C)C. The van der Waals surface area contributed by atoms with E-state index in [4.69, 9.17) is 0 Å². The van der Waals surface area contributed by atoms with Crippen LogP contribution in [0, 0.1) is 6.92 Å². The van der Waals surface area contributed by atoms with Crippen molar-refractivity contribution in [2.45, 2.75) is 52.9 Å². The van der Waals surface area contributed by atoms with Crippen molar-refractivity contribution in [3.8, 4) is 0 Å². The summed E-state index contributed by atoms with van der Waals surface area (Å²) < 4.78 is 0. The van der Waals surface area contributed by atoms with Gasteiger partial charge in [0, 0.05) is 0 Å². The predicted octanol–water partition coefficient (Wildman–Crippen LogP) is 4.42. The van der Waals surface area contributed by atoms with Crippen LogP contribution in [0.3, 0.4) is 0 Å². The van der Waals surface area contributed by atoms with Gasteiger partial charge in [-0.3, -0.25) is 0 Å². The molecule has 0 radical (unpaired) electrons. The Hall–Kier alpha value is -0.780. The van der Waals surface area contributed by atoms with E-state index in [-0.39, 0.29) is 5.41 Å². The van der Waals surface area contributed by atoms with Crippen LogP contribution in [0.25, 0.3) is 0 Å². The highest BCUT2D eigenvalue weighted by atomic mass is 14.2. The maximum atomic E-state index is 2.28. The predicted molar refractivity (Wildman–Crippen MR) is 64.0 cm³/mol. The van der Waals surface area contributed by atoms with Crippen molar-refractivity contribution in [1.29, 1.82) is 0 Å². The number of hydrogen-bond donors (Lipinski definition) is 0. The van der Waals surface area contributed by atoms with E-state index < -0.39 is 0 Å². The van der Waals surface area contributed by atoms with Gasteiger partial charge in [-0.1, -0.05) is 52.8 Å². The molecule has 0 nitrogen and oxygen atoms in total. The molecule has 0 atom stereocenters. The van der Waals surface area contributed by atoms with Gasteiger partial charge in [-0.15, -0.1) is 0 Å². The lowest BCUT2D eigenvalue weighted by atomic mass is 9.81. The van der Waals surface area contributed by atoms with E-state index in [9.17, 15) is 0 Å². The highest BCUT2D eigenvalue weighted by molar-refractivity contribution is 5.39. The fraction of sp³-hybridized carbons (Fsp3) is 0.571. The minimum atomic E-state index is 0.259. The molecule has 1 aromatic rings. The van der Waals surface area contributed by atoms with Crippen LogP contribution in [-0.2, 0) is 5.41 Å². The summed E-state index contributed by atoms with van der Waals surface area (Å²) in [5, 5.41) is 0. The fourth-order valence-electron chi connectivity index (χ4n) is 2.09. The molecule has 0 unspecified atom stereocenters. The fourth-order valence-corrected chi connectivity index (χ4v) is 2.09. The maximum Gasteiger partial charge on any atom is -0.0129 e. The third-order valence-corrected chi connectivity index (χ3v) is 2.81. The number of benzene rings is 1. The van der Waals surface area contributed by atoms with Gasteiger partial charge in [-0.2, -0.15) is 0 Å². The van der Waals surface area contributed by atoms with Crippen molar-refractivity contribution in [3.05, 3.63) is 34.9 Å². The molecule has 0 heteroatoms. The lowest BCUT2D eigenvalue weighted by Gasteiger charge is -2.24. The van der Waals surface area contributed by atoms with Crippen LogP contribution >= 0.6 is 0 Å². The van der Waals surface area contributed by atoms with Gasteiger partial charge in [0.2, 0.25) is 0 Å². The monoisotopic (exact) mass is 190 g/mol. The molecular formula is C14H22. The second-order valence-corrected chi connectivity index (χ2v) is 5.42. The highest BCUT2D eigenvalue weighted by Crippen LogP contribution is 2.30. The molecular weight excluding hydrogens is 168 g/mol. The van der Waals surface area contributed by atoms with Gasteiger partial charge in [-0.05, 0) is 34.9 Å². The molecule has 1 aromatic carbocycles. The summed E-state index contributed by atoms with van der Waals surface area (Å²) in [6.07, 6.45) is 0. The average Bonchev–Trinajstić information content (AvgIpc) is 2.01. The molecule has 0 aliphatic carbocycles. The first-order valence-corrected chi connectivity index (χ1v) is 5.44. The van der Waals surface area contributed by atoms with Crippen LogP contribution in [0.1, 0.15) is 57.2 Å². The molecule has 0 saturated heterocycles. The first-order chi connectivity index (χ1) is 6.34. The van der Waals surface area contributed by atoms with Crippen LogP contribution in [0.15, 0.2) is 18.2 Å². The van der Waals surface area contributed by atoms with E-state index in [0.29, 0.717) is 5.92 Å². The van der Waals surface area contributed by atoms with Crippen LogP contribution in [0.2, 0.25) is 0 Å². The summed E-state index contributed by atoms with van der Waals surface area (Å²) in [5.74, 6) is 0.622. The Bertz CT molecular complexity index is 313. The lowest BCUT2D eigenvalue weighted by molar-refractivity contribution is 0.584. The molecule has 78 valence electrons. The van der Waals surface area contributed by atoms with Crippen molar-refractivity contribution in [2.75, 3.05) is 0 Å². The van der Waals surface area contributed by atoms with E-state index in [0.717, 1.165) is 0 Å². The van der Waals surface area contributed by atoms with Crippen LogP contribution in [-0.4, -0.2) is 0 Å². The standard InChI is InChI=1S/C14H22/c1-10(2)12-8-7-9-13(11(12)3)14(4,5)6/h7-10H,1-6H3. The van der Waals surface area contributed by atoms with Gasteiger partial charge in [0.15, 0.2) is 0 Å². The third kappa shape index (κ3) is 2.17. The summed E-state index contributed by atoms with van der Waals surface area (Å²) >= 11 is 0. The number of rotatable bonds is 1. The topological polar surface area (TPSA) is 0 Å². The molecule has 1 rings (SSSR count). The van der Waals surface area contributed by atoms with Crippen molar-refractivity contribution in [3.63, 3.8) is 0 Å². The maximum absolute atomic E-state index is 2.28. The van der Waals surface area contributed by atoms with Gasteiger partial charge in [-0.25, -0.2) is 0 Å². The molecule has 14 heavy (non-hydrogen) atoms. The van der Waals surface area contributed by atoms with Gasteiger partial charge < -0.3 is 0 Å². The Kier molecular flexibility index (Phi) is 3.04. The molecule has 0 N–H and O–H groups in total. The van der Waals surface area contributed by atoms with E-state index in [1.54, 1.807) is 0 Å². The molecule has 0 spiro atoms. The zero-order chi connectivity index (χ0) is 10.9. The molecule has 0 heterocycles. The Morgan fingerprint density at radius 2 is 1.64 bits per heavy atom. The number of hydrogen-bond acceptors (Lipinski definition) is 0. The summed E-state index contributed by atoms with van der Waals surface area (Å²) in [7, 11) is 0. The van der Waals surface area contributed by atoms with Crippen molar-refractivity contribution < 1.29 is 0 Å². The molecule has 0 aliphatic rings. The highest BCUT2D eigenvalue weighted by Gasteiger charge is 2.18. The van der Waals surface area contributed by atoms with Gasteiger partial charge >= 0.3 is 0 Å². The third-order valence-electron chi connectivity index (χ3n) is 2.81. The summed E-state index contributed by atoms with van der Waals surface area (Å²) in [5.41, 5.74) is 4.69. The van der Waals surface area contributed by atoms with E-state index in [1.807, 2.05) is 0 Å². The lowest BCUT2D eigenvalue weighted by Crippen LogP contribution is -2.14. The van der Waals surface area contributed by atoms with Crippen molar-refractivity contribution in [1.82, 2.24) is 0 Å². The van der Waals surface area contributed by atoms with Crippen LogP contribution in [0.4, 0.5) is 0 Å². The second-order valence-electron chi connectivity index (χ2n) is 5.42. The molecule has 0 aromatic heterocycles. The van der Waals surface area contributed by atoms with Crippen LogP contribution < -0.4 is 0 Å². The quantitative estimate of drug-likeness (QED) is 0.615. The second kappa shape index (κ2) is 3.76. The zero-order valence-electron chi connectivity index (χ0n) is 10.3. The normalized spacial score (nSPS) is 12.2. The van der Waals surface area contributed by atoms with Gasteiger partial charge in [0.05, 0.1) is 0 Å². The Balaban J connectivity index is 3.28. The van der Waals surface area contributed by atoms with Crippen molar-refractivity contribution in [2.24, 2.45) is 0 Å². The molecule has 0 fully saturated rings. The van der Waals surface area contributed by atoms with Crippen molar-refractivity contribution >= 4 is 0 Å². The summed E-state index contributed by atoms with van der Waals surface area (Å²) in [6, 6.07) is 6.68.